The third-order valence-electron chi connectivity index (χ3n) is 2.44. The van der Waals surface area contributed by atoms with Crippen LogP contribution >= 0.6 is 0 Å². The molecule has 0 atom stereocenters. The van der Waals surface area contributed by atoms with E-state index >= 15 is 0 Å². The van der Waals surface area contributed by atoms with Gasteiger partial charge in [-0.2, -0.15) is 0 Å². The molecule has 64 valence electrons. The zero-order chi connectivity index (χ0) is 8.67. The first kappa shape index (κ1) is 6.89. The highest BCUT2D eigenvalue weighted by molar-refractivity contribution is 5.88. The van der Waals surface area contributed by atoms with E-state index in [1.165, 1.54) is 10.9 Å². The van der Waals surface area contributed by atoms with Gasteiger partial charge in [0.05, 0.1) is 12.1 Å². The molecule has 2 aromatic rings. The predicted octanol–water partition coefficient (Wildman–Crippen LogP) is 2.17. The lowest BCUT2D eigenvalue weighted by molar-refractivity contribution is 0.318. The number of hydrogen-bond acceptors (Lipinski definition) is 2. The number of hydrogen-bond donors (Lipinski definition) is 0. The largest absolute Gasteiger partial charge is 0.493 e. The molecule has 2 nitrogen and oxygen atoms in total. The van der Waals surface area contributed by atoms with Crippen molar-refractivity contribution in [3.63, 3.8) is 0 Å². The van der Waals surface area contributed by atoms with Gasteiger partial charge in [-0.05, 0) is 23.8 Å². The van der Waals surface area contributed by atoms with Gasteiger partial charge >= 0.3 is 0 Å². The van der Waals surface area contributed by atoms with Crippen LogP contribution in [0, 0.1) is 0 Å². The third-order valence-corrected chi connectivity index (χ3v) is 2.44. The maximum Gasteiger partial charge on any atom is 0.128 e. The first-order valence-corrected chi connectivity index (χ1v) is 4.44. The minimum Gasteiger partial charge on any atom is -0.493 e. The fourth-order valence-electron chi connectivity index (χ4n) is 1.84. The maximum atomic E-state index is 5.56. The lowest BCUT2D eigenvalue weighted by Gasteiger charge is -2.17. The molecule has 0 amide bonds. The molecule has 1 aromatic carbocycles. The second-order valence-corrected chi connectivity index (χ2v) is 3.22. The van der Waals surface area contributed by atoms with Crippen molar-refractivity contribution in [3.8, 4) is 5.75 Å². The van der Waals surface area contributed by atoms with Crippen LogP contribution in [0.2, 0.25) is 0 Å². The second kappa shape index (κ2) is 2.46. The Balaban J connectivity index is 2.49. The van der Waals surface area contributed by atoms with Gasteiger partial charge in [-0.3, -0.25) is 4.98 Å². The monoisotopic (exact) mass is 171 g/mol. The molecular formula is C11H9NO. The fraction of sp³-hybridized carbons (Fsp3) is 0.182. The van der Waals surface area contributed by atoms with Gasteiger partial charge in [0.25, 0.3) is 0 Å². The van der Waals surface area contributed by atoms with Gasteiger partial charge in [-0.1, -0.05) is 6.07 Å². The maximum absolute atomic E-state index is 5.56. The van der Waals surface area contributed by atoms with Crippen LogP contribution in [0.3, 0.4) is 0 Å². The average Bonchev–Trinajstić information content (AvgIpc) is 2.19. The van der Waals surface area contributed by atoms with Crippen LogP contribution in [0.25, 0.3) is 10.9 Å². The minimum absolute atomic E-state index is 0.788. The summed E-state index contributed by atoms with van der Waals surface area (Å²) < 4.78 is 5.56. The Morgan fingerprint density at radius 3 is 3.23 bits per heavy atom. The summed E-state index contributed by atoms with van der Waals surface area (Å²) in [5.41, 5.74) is 2.39. The van der Waals surface area contributed by atoms with Gasteiger partial charge < -0.3 is 4.74 Å². The first-order chi connectivity index (χ1) is 6.45. The van der Waals surface area contributed by atoms with E-state index in [1.807, 2.05) is 24.4 Å². The van der Waals surface area contributed by atoms with Crippen molar-refractivity contribution in [2.75, 3.05) is 6.61 Å². The highest BCUT2D eigenvalue weighted by Crippen LogP contribution is 2.30. The number of ether oxygens (including phenoxy) is 1. The molecule has 1 aliphatic rings. The molecule has 2 heteroatoms. The highest BCUT2D eigenvalue weighted by atomic mass is 16.5. The Bertz CT molecular complexity index is 426. The molecule has 0 fully saturated rings. The van der Waals surface area contributed by atoms with E-state index in [-0.39, 0.29) is 0 Å². The molecular weight excluding hydrogens is 162 g/mol. The number of aromatic nitrogens is 1. The fourth-order valence-corrected chi connectivity index (χ4v) is 1.84. The van der Waals surface area contributed by atoms with Gasteiger partial charge in [-0.15, -0.1) is 0 Å². The molecule has 2 heterocycles. The third kappa shape index (κ3) is 0.917. The van der Waals surface area contributed by atoms with Gasteiger partial charge in [0.1, 0.15) is 5.75 Å². The molecule has 0 radical (unpaired) electrons. The summed E-state index contributed by atoms with van der Waals surface area (Å²) in [7, 11) is 0. The number of rotatable bonds is 0. The smallest absolute Gasteiger partial charge is 0.128 e. The van der Waals surface area contributed by atoms with E-state index < -0.39 is 0 Å². The number of benzene rings is 1. The summed E-state index contributed by atoms with van der Waals surface area (Å²) in [5.74, 6) is 0.979. The summed E-state index contributed by atoms with van der Waals surface area (Å²) in [6.45, 7) is 0.788. The van der Waals surface area contributed by atoms with Gasteiger partial charge in [-0.25, -0.2) is 0 Å². The normalized spacial score (nSPS) is 14.2. The Kier molecular flexibility index (Phi) is 1.30. The van der Waals surface area contributed by atoms with Crippen LogP contribution in [-0.2, 0) is 6.42 Å². The van der Waals surface area contributed by atoms with E-state index in [2.05, 4.69) is 11.1 Å². The highest BCUT2D eigenvalue weighted by Gasteiger charge is 2.12. The van der Waals surface area contributed by atoms with E-state index in [9.17, 15) is 0 Å². The lowest BCUT2D eigenvalue weighted by Crippen LogP contribution is -2.08. The number of nitrogens with zero attached hydrogens (tertiary/aromatic N) is 1. The van der Waals surface area contributed by atoms with E-state index in [1.54, 1.807) is 0 Å². The predicted molar refractivity (Wildman–Crippen MR) is 50.9 cm³/mol. The molecule has 0 unspecified atom stereocenters. The van der Waals surface area contributed by atoms with E-state index in [0.29, 0.717) is 0 Å². The summed E-state index contributed by atoms with van der Waals surface area (Å²) in [6, 6.07) is 8.10. The Morgan fingerprint density at radius 1 is 1.23 bits per heavy atom. The quantitative estimate of drug-likeness (QED) is 0.606. The zero-order valence-corrected chi connectivity index (χ0v) is 7.16. The van der Waals surface area contributed by atoms with Crippen molar-refractivity contribution >= 4 is 10.9 Å². The molecule has 0 spiro atoms. The molecule has 1 aromatic heterocycles. The molecule has 0 aliphatic carbocycles. The van der Waals surface area contributed by atoms with Crippen LogP contribution in [0.4, 0.5) is 0 Å². The van der Waals surface area contributed by atoms with E-state index in [4.69, 9.17) is 4.74 Å². The van der Waals surface area contributed by atoms with Crippen molar-refractivity contribution in [1.82, 2.24) is 4.98 Å². The number of pyridine rings is 1. The molecule has 0 saturated carbocycles. The molecule has 0 bridgehead atoms. The Hall–Kier alpha value is -1.57. The van der Waals surface area contributed by atoms with Crippen LogP contribution < -0.4 is 4.74 Å². The van der Waals surface area contributed by atoms with Crippen molar-refractivity contribution < 1.29 is 4.74 Å². The first-order valence-electron chi connectivity index (χ1n) is 4.44. The van der Waals surface area contributed by atoms with Gasteiger partial charge in [0, 0.05) is 18.0 Å². The van der Waals surface area contributed by atoms with Crippen LogP contribution in [0.1, 0.15) is 5.56 Å². The molecule has 3 rings (SSSR count). The van der Waals surface area contributed by atoms with E-state index in [0.717, 1.165) is 24.3 Å². The second-order valence-electron chi connectivity index (χ2n) is 3.22. The summed E-state index contributed by atoms with van der Waals surface area (Å²) in [6.07, 6.45) is 2.86. The molecule has 1 aliphatic heterocycles. The lowest BCUT2D eigenvalue weighted by atomic mass is 10.0. The summed E-state index contributed by atoms with van der Waals surface area (Å²) in [4.78, 5) is 4.30. The minimum atomic E-state index is 0.788. The van der Waals surface area contributed by atoms with Gasteiger partial charge in [0.2, 0.25) is 0 Å². The zero-order valence-electron chi connectivity index (χ0n) is 7.16. The van der Waals surface area contributed by atoms with Crippen LogP contribution in [0.5, 0.6) is 5.75 Å². The molecule has 0 N–H and O–H groups in total. The van der Waals surface area contributed by atoms with Crippen LogP contribution in [0.15, 0.2) is 30.5 Å². The SMILES string of the molecule is c1cc2c3c(ccnc3c1)CCO2. The summed E-state index contributed by atoms with van der Waals surface area (Å²) >= 11 is 0. The van der Waals surface area contributed by atoms with Crippen molar-refractivity contribution in [2.45, 2.75) is 6.42 Å². The Labute approximate surface area is 76.2 Å². The molecule has 0 saturated heterocycles. The topological polar surface area (TPSA) is 22.1 Å². The summed E-state index contributed by atoms with van der Waals surface area (Å²) in [5, 5.41) is 1.19. The van der Waals surface area contributed by atoms with Gasteiger partial charge in [0.15, 0.2) is 0 Å². The molecule has 13 heavy (non-hydrogen) atoms. The Morgan fingerprint density at radius 2 is 2.23 bits per heavy atom. The standard InChI is InChI=1S/C11H9NO/c1-2-9-11-8(4-6-12-9)5-7-13-10(11)3-1/h1-4,6H,5,7H2. The average molecular weight is 171 g/mol. The van der Waals surface area contributed by atoms with Crippen molar-refractivity contribution in [2.24, 2.45) is 0 Å². The van der Waals surface area contributed by atoms with Crippen molar-refractivity contribution in [3.05, 3.63) is 36.0 Å². The van der Waals surface area contributed by atoms with Crippen LogP contribution in [-0.4, -0.2) is 11.6 Å². The van der Waals surface area contributed by atoms with Crippen molar-refractivity contribution in [1.29, 1.82) is 0 Å².